The molecule has 0 radical (unpaired) electrons. The van der Waals surface area contributed by atoms with Gasteiger partial charge in [-0.05, 0) is 18.2 Å². The van der Waals surface area contributed by atoms with Crippen LogP contribution in [0.4, 0.5) is 5.82 Å². The first-order valence-electron chi connectivity index (χ1n) is 8.03. The Morgan fingerprint density at radius 1 is 1.07 bits per heavy atom. The fourth-order valence-corrected chi connectivity index (χ4v) is 2.98. The maximum Gasteiger partial charge on any atom is 0.327 e. The Bertz CT molecular complexity index is 991. The molecule has 0 amide bonds. The van der Waals surface area contributed by atoms with Crippen LogP contribution in [0, 0.1) is 0 Å². The predicted molar refractivity (Wildman–Crippen MR) is 101 cm³/mol. The number of hydrogen-bond donors (Lipinski definition) is 3. The minimum absolute atomic E-state index is 0.129. The number of benzene rings is 1. The highest BCUT2D eigenvalue weighted by molar-refractivity contribution is 7.51. The van der Waals surface area contributed by atoms with Gasteiger partial charge in [-0.1, -0.05) is 0 Å². The molecule has 0 fully saturated rings. The summed E-state index contributed by atoms with van der Waals surface area (Å²) in [7, 11) is -0.906. The van der Waals surface area contributed by atoms with Crippen molar-refractivity contribution in [1.29, 1.82) is 0 Å². The highest BCUT2D eigenvalue weighted by atomic mass is 31.2. The number of ether oxygens (including phenoxy) is 2. The van der Waals surface area contributed by atoms with E-state index in [-0.39, 0.29) is 12.7 Å². The minimum Gasteiger partial charge on any atom is -0.493 e. The number of aromatic nitrogens is 3. The van der Waals surface area contributed by atoms with Gasteiger partial charge >= 0.3 is 7.60 Å². The lowest BCUT2D eigenvalue weighted by Crippen LogP contribution is -2.07. The SMILES string of the molecule is COc1cc2ncnc(-c3ccc(NCCP(=O)(O)O)nc3)c2cc1OC. The van der Waals surface area contributed by atoms with Crippen LogP contribution in [0.2, 0.25) is 0 Å². The van der Waals surface area contributed by atoms with Gasteiger partial charge in [0.25, 0.3) is 0 Å². The second kappa shape index (κ2) is 7.87. The number of anilines is 1. The van der Waals surface area contributed by atoms with E-state index in [4.69, 9.17) is 19.3 Å². The van der Waals surface area contributed by atoms with Crippen molar-refractivity contribution in [1.82, 2.24) is 15.0 Å². The van der Waals surface area contributed by atoms with E-state index in [9.17, 15) is 4.57 Å². The van der Waals surface area contributed by atoms with Gasteiger partial charge in [0.2, 0.25) is 0 Å². The Hall–Kier alpha value is -2.74. The van der Waals surface area contributed by atoms with Crippen molar-refractivity contribution in [2.24, 2.45) is 0 Å². The molecular formula is C17H19N4O5P. The fourth-order valence-electron chi connectivity index (χ4n) is 2.58. The van der Waals surface area contributed by atoms with Crippen molar-refractivity contribution < 1.29 is 23.8 Å². The summed E-state index contributed by atoms with van der Waals surface area (Å²) in [5.74, 6) is 1.67. The molecule has 0 aliphatic heterocycles. The number of hydrogen-bond acceptors (Lipinski definition) is 7. The van der Waals surface area contributed by atoms with Crippen molar-refractivity contribution >= 4 is 24.3 Å². The molecule has 0 atom stereocenters. The third kappa shape index (κ3) is 4.51. The maximum absolute atomic E-state index is 10.9. The molecular weight excluding hydrogens is 371 g/mol. The highest BCUT2D eigenvalue weighted by Gasteiger charge is 2.13. The Morgan fingerprint density at radius 2 is 1.81 bits per heavy atom. The zero-order valence-electron chi connectivity index (χ0n) is 14.8. The standard InChI is InChI=1S/C17H19N4O5P/c1-25-14-7-12-13(8-15(14)26-2)20-10-21-17(12)11-3-4-16(19-9-11)18-5-6-27(22,23)24/h3-4,7-10H,5-6H2,1-2H3,(H,18,19)(H2,22,23,24). The largest absolute Gasteiger partial charge is 0.493 e. The van der Waals surface area contributed by atoms with Crippen LogP contribution < -0.4 is 14.8 Å². The molecule has 2 aromatic heterocycles. The van der Waals surface area contributed by atoms with E-state index in [1.807, 2.05) is 12.1 Å². The summed E-state index contributed by atoms with van der Waals surface area (Å²) in [4.78, 5) is 30.7. The first-order valence-corrected chi connectivity index (χ1v) is 9.82. The Morgan fingerprint density at radius 3 is 2.44 bits per heavy atom. The van der Waals surface area contributed by atoms with Crippen LogP contribution in [0.5, 0.6) is 11.5 Å². The molecule has 0 aliphatic carbocycles. The maximum atomic E-state index is 10.9. The van der Waals surface area contributed by atoms with E-state index in [1.165, 1.54) is 6.33 Å². The van der Waals surface area contributed by atoms with E-state index in [1.54, 1.807) is 32.5 Å². The molecule has 3 N–H and O–H groups in total. The smallest absolute Gasteiger partial charge is 0.327 e. The predicted octanol–water partition coefficient (Wildman–Crippen LogP) is 2.30. The van der Waals surface area contributed by atoms with Gasteiger partial charge in [0.1, 0.15) is 12.1 Å². The van der Waals surface area contributed by atoms with E-state index < -0.39 is 7.60 Å². The fraction of sp³-hybridized carbons (Fsp3) is 0.235. The lowest BCUT2D eigenvalue weighted by atomic mass is 10.1. The molecule has 3 rings (SSSR count). The monoisotopic (exact) mass is 390 g/mol. The van der Waals surface area contributed by atoms with E-state index >= 15 is 0 Å². The van der Waals surface area contributed by atoms with Gasteiger partial charge < -0.3 is 24.6 Å². The van der Waals surface area contributed by atoms with Crippen LogP contribution in [0.15, 0.2) is 36.8 Å². The van der Waals surface area contributed by atoms with Crippen LogP contribution in [0.3, 0.4) is 0 Å². The summed E-state index contributed by atoms with van der Waals surface area (Å²) in [5.41, 5.74) is 2.17. The lowest BCUT2D eigenvalue weighted by Gasteiger charge is -2.11. The Labute approximate surface area is 155 Å². The quantitative estimate of drug-likeness (QED) is 0.521. The van der Waals surface area contributed by atoms with Gasteiger partial charge in [-0.15, -0.1) is 0 Å². The molecule has 1 aromatic carbocycles. The molecule has 0 spiro atoms. The molecule has 9 nitrogen and oxygen atoms in total. The summed E-state index contributed by atoms with van der Waals surface area (Å²) >= 11 is 0. The molecule has 0 unspecified atom stereocenters. The van der Waals surface area contributed by atoms with Crippen molar-refractivity contribution in [3.8, 4) is 22.8 Å². The molecule has 142 valence electrons. The van der Waals surface area contributed by atoms with Crippen LogP contribution in [-0.4, -0.2) is 51.7 Å². The van der Waals surface area contributed by atoms with Gasteiger partial charge in [0.15, 0.2) is 11.5 Å². The first kappa shape index (κ1) is 19.0. The second-order valence-corrected chi connectivity index (χ2v) is 7.47. The van der Waals surface area contributed by atoms with E-state index in [0.29, 0.717) is 28.5 Å². The number of fused-ring (bicyclic) bond motifs is 1. The van der Waals surface area contributed by atoms with Gasteiger partial charge in [-0.2, -0.15) is 0 Å². The van der Waals surface area contributed by atoms with Crippen molar-refractivity contribution in [3.05, 3.63) is 36.8 Å². The van der Waals surface area contributed by atoms with Crippen LogP contribution in [-0.2, 0) is 4.57 Å². The summed E-state index contributed by atoms with van der Waals surface area (Å²) in [6, 6.07) is 7.15. The minimum atomic E-state index is -4.03. The van der Waals surface area contributed by atoms with Crippen LogP contribution >= 0.6 is 7.60 Å². The normalized spacial score (nSPS) is 11.4. The Kier molecular flexibility index (Phi) is 5.55. The molecule has 3 aromatic rings. The summed E-state index contributed by atoms with van der Waals surface area (Å²) < 4.78 is 21.5. The molecule has 0 saturated heterocycles. The topological polar surface area (TPSA) is 127 Å². The molecule has 0 saturated carbocycles. The average Bonchev–Trinajstić information content (AvgIpc) is 2.66. The molecule has 0 bridgehead atoms. The third-order valence-electron chi connectivity index (χ3n) is 3.89. The van der Waals surface area contributed by atoms with Gasteiger partial charge in [-0.3, -0.25) is 4.57 Å². The van der Waals surface area contributed by atoms with Crippen molar-refractivity contribution in [2.75, 3.05) is 32.2 Å². The van der Waals surface area contributed by atoms with Crippen molar-refractivity contribution in [2.45, 2.75) is 0 Å². The Balaban J connectivity index is 1.90. The lowest BCUT2D eigenvalue weighted by molar-refractivity contribution is 0.356. The number of nitrogens with zero attached hydrogens (tertiary/aromatic N) is 3. The second-order valence-electron chi connectivity index (χ2n) is 5.69. The zero-order chi connectivity index (χ0) is 19.4. The van der Waals surface area contributed by atoms with E-state index in [0.717, 1.165) is 10.9 Å². The third-order valence-corrected chi connectivity index (χ3v) is 4.69. The molecule has 0 aliphatic rings. The number of rotatable bonds is 7. The van der Waals surface area contributed by atoms with Crippen molar-refractivity contribution in [3.63, 3.8) is 0 Å². The highest BCUT2D eigenvalue weighted by Crippen LogP contribution is 2.35. The van der Waals surface area contributed by atoms with Gasteiger partial charge in [0, 0.05) is 29.8 Å². The molecule has 2 heterocycles. The number of nitrogens with one attached hydrogen (secondary N) is 1. The van der Waals surface area contributed by atoms with E-state index in [2.05, 4.69) is 20.3 Å². The van der Waals surface area contributed by atoms with Crippen LogP contribution in [0.25, 0.3) is 22.2 Å². The number of pyridine rings is 1. The van der Waals surface area contributed by atoms with Gasteiger partial charge in [-0.25, -0.2) is 15.0 Å². The summed E-state index contributed by atoms with van der Waals surface area (Å²) in [6.07, 6.45) is 2.85. The van der Waals surface area contributed by atoms with Gasteiger partial charge in [0.05, 0.1) is 31.6 Å². The summed E-state index contributed by atoms with van der Waals surface area (Å²) in [6.45, 7) is 0.129. The summed E-state index contributed by atoms with van der Waals surface area (Å²) in [5, 5.41) is 3.67. The van der Waals surface area contributed by atoms with Crippen LogP contribution in [0.1, 0.15) is 0 Å². The number of methoxy groups -OCH3 is 2. The average molecular weight is 390 g/mol. The first-order chi connectivity index (χ1) is 12.9. The molecule has 27 heavy (non-hydrogen) atoms. The zero-order valence-corrected chi connectivity index (χ0v) is 15.7. The molecule has 10 heteroatoms.